The van der Waals surface area contributed by atoms with E-state index in [1.807, 2.05) is 42.5 Å². The average molecular weight is 364 g/mol. The van der Waals surface area contributed by atoms with Crippen LogP contribution in [0.3, 0.4) is 0 Å². The van der Waals surface area contributed by atoms with E-state index < -0.39 is 0 Å². The molecule has 3 aromatic rings. The molecule has 0 spiro atoms. The molecule has 5 heteroatoms. The highest BCUT2D eigenvalue weighted by Crippen LogP contribution is 2.22. The van der Waals surface area contributed by atoms with Crippen LogP contribution in [0.2, 0.25) is 0 Å². The van der Waals surface area contributed by atoms with Crippen LogP contribution in [0.4, 0.5) is 0 Å². The van der Waals surface area contributed by atoms with E-state index in [1.54, 1.807) is 0 Å². The van der Waals surface area contributed by atoms with Gasteiger partial charge in [0.1, 0.15) is 0 Å². The fourth-order valence-corrected chi connectivity index (χ4v) is 3.24. The number of hydrogen-bond acceptors (Lipinski definition) is 4. The fraction of sp³-hybridized carbons (Fsp3) is 0.364. The molecule has 0 aliphatic carbocycles. The van der Waals surface area contributed by atoms with E-state index in [4.69, 9.17) is 10.7 Å². The van der Waals surface area contributed by atoms with Crippen LogP contribution in [0, 0.1) is 0 Å². The smallest absolute Gasteiger partial charge is 0.253 e. The first kappa shape index (κ1) is 19.3. The Hall–Kier alpha value is -2.50. The van der Waals surface area contributed by atoms with Crippen LogP contribution in [0.15, 0.2) is 48.5 Å². The summed E-state index contributed by atoms with van der Waals surface area (Å²) < 4.78 is 0. The first-order chi connectivity index (χ1) is 13.3. The number of fused-ring (bicyclic) bond motifs is 2. The fourth-order valence-electron chi connectivity index (χ4n) is 3.24. The van der Waals surface area contributed by atoms with E-state index in [2.05, 4.69) is 16.7 Å². The Bertz CT molecular complexity index is 894. The number of pyridine rings is 1. The number of hydrogen-bond donors (Lipinski definition) is 3. The predicted octanol–water partition coefficient (Wildman–Crippen LogP) is 3.23. The third-order valence-corrected chi connectivity index (χ3v) is 4.68. The van der Waals surface area contributed by atoms with Crippen molar-refractivity contribution < 1.29 is 4.79 Å². The lowest BCUT2D eigenvalue weighted by Gasteiger charge is -2.09. The van der Waals surface area contributed by atoms with Gasteiger partial charge in [0.05, 0.1) is 16.6 Å². The number of amides is 1. The maximum Gasteiger partial charge on any atom is 0.253 e. The Morgan fingerprint density at radius 1 is 0.889 bits per heavy atom. The van der Waals surface area contributed by atoms with Crippen molar-refractivity contribution in [3.63, 3.8) is 0 Å². The zero-order chi connectivity index (χ0) is 18.9. The standard InChI is InChI=1S/C22H28N4O/c23-12-15-24-13-5-1-2-6-14-25-22(27)19-10-7-9-18-16-17-8-3-4-11-20(17)26-21(18)19/h3-4,7-11,16,24H,1-2,5-6,12-15,23H2,(H,25,27). The molecule has 0 aliphatic rings. The summed E-state index contributed by atoms with van der Waals surface area (Å²) in [6, 6.07) is 15.9. The molecule has 0 atom stereocenters. The predicted molar refractivity (Wildman–Crippen MR) is 112 cm³/mol. The molecule has 1 aromatic heterocycles. The Morgan fingerprint density at radius 2 is 1.67 bits per heavy atom. The Morgan fingerprint density at radius 3 is 2.52 bits per heavy atom. The van der Waals surface area contributed by atoms with Crippen LogP contribution in [-0.2, 0) is 0 Å². The maximum atomic E-state index is 12.6. The molecule has 0 saturated carbocycles. The summed E-state index contributed by atoms with van der Waals surface area (Å²) >= 11 is 0. The van der Waals surface area contributed by atoms with Gasteiger partial charge in [-0.2, -0.15) is 0 Å². The molecule has 5 nitrogen and oxygen atoms in total. The van der Waals surface area contributed by atoms with Crippen LogP contribution in [-0.4, -0.2) is 37.1 Å². The largest absolute Gasteiger partial charge is 0.352 e. The summed E-state index contributed by atoms with van der Waals surface area (Å²) in [5.74, 6) is -0.0482. The second-order valence-corrected chi connectivity index (χ2v) is 6.77. The maximum absolute atomic E-state index is 12.6. The molecule has 0 unspecified atom stereocenters. The van der Waals surface area contributed by atoms with Crippen molar-refractivity contribution in [2.75, 3.05) is 26.2 Å². The molecule has 1 heterocycles. The van der Waals surface area contributed by atoms with Crippen molar-refractivity contribution >= 4 is 27.7 Å². The number of aromatic nitrogens is 1. The zero-order valence-corrected chi connectivity index (χ0v) is 15.7. The quantitative estimate of drug-likeness (QED) is 0.381. The van der Waals surface area contributed by atoms with Gasteiger partial charge in [0.25, 0.3) is 5.91 Å². The summed E-state index contributed by atoms with van der Waals surface area (Å²) in [6.07, 6.45) is 4.41. The lowest BCUT2D eigenvalue weighted by molar-refractivity contribution is 0.0954. The summed E-state index contributed by atoms with van der Waals surface area (Å²) in [6.45, 7) is 3.27. The third kappa shape index (κ3) is 5.25. The van der Waals surface area contributed by atoms with Gasteiger partial charge >= 0.3 is 0 Å². The van der Waals surface area contributed by atoms with Gasteiger partial charge in [0.15, 0.2) is 0 Å². The number of carbonyl (C=O) groups is 1. The normalized spacial score (nSPS) is 11.1. The van der Waals surface area contributed by atoms with E-state index in [0.717, 1.165) is 60.6 Å². The number of unbranched alkanes of at least 4 members (excludes halogenated alkanes) is 3. The van der Waals surface area contributed by atoms with Crippen molar-refractivity contribution in [2.45, 2.75) is 25.7 Å². The van der Waals surface area contributed by atoms with E-state index in [0.29, 0.717) is 18.7 Å². The molecule has 0 radical (unpaired) electrons. The molecule has 0 aliphatic heterocycles. The van der Waals surface area contributed by atoms with E-state index in [-0.39, 0.29) is 5.91 Å². The number of para-hydroxylation sites is 2. The van der Waals surface area contributed by atoms with Gasteiger partial charge in [-0.25, -0.2) is 4.98 Å². The van der Waals surface area contributed by atoms with Crippen LogP contribution >= 0.6 is 0 Å². The van der Waals surface area contributed by atoms with Crippen molar-refractivity contribution in [1.29, 1.82) is 0 Å². The van der Waals surface area contributed by atoms with Gasteiger partial charge in [-0.15, -0.1) is 0 Å². The Labute approximate surface area is 160 Å². The minimum Gasteiger partial charge on any atom is -0.352 e. The third-order valence-electron chi connectivity index (χ3n) is 4.68. The SMILES string of the molecule is NCCNCCCCCCNC(=O)c1cccc2cc3ccccc3nc12. The summed E-state index contributed by atoms with van der Waals surface area (Å²) in [5.41, 5.74) is 7.76. The molecule has 2 aromatic carbocycles. The molecule has 142 valence electrons. The molecular weight excluding hydrogens is 336 g/mol. The van der Waals surface area contributed by atoms with Gasteiger partial charge in [-0.3, -0.25) is 4.79 Å². The van der Waals surface area contributed by atoms with Gasteiger partial charge in [-0.05, 0) is 37.6 Å². The highest BCUT2D eigenvalue weighted by Gasteiger charge is 2.11. The van der Waals surface area contributed by atoms with Gasteiger partial charge < -0.3 is 16.4 Å². The monoisotopic (exact) mass is 364 g/mol. The van der Waals surface area contributed by atoms with Crippen LogP contribution < -0.4 is 16.4 Å². The van der Waals surface area contributed by atoms with Crippen LogP contribution in [0.5, 0.6) is 0 Å². The van der Waals surface area contributed by atoms with Crippen molar-refractivity contribution in [1.82, 2.24) is 15.6 Å². The second-order valence-electron chi connectivity index (χ2n) is 6.77. The molecule has 27 heavy (non-hydrogen) atoms. The number of rotatable bonds is 10. The minimum absolute atomic E-state index is 0.0482. The first-order valence-electron chi connectivity index (χ1n) is 9.77. The summed E-state index contributed by atoms with van der Waals surface area (Å²) in [7, 11) is 0. The molecule has 0 saturated heterocycles. The van der Waals surface area contributed by atoms with E-state index in [1.165, 1.54) is 0 Å². The topological polar surface area (TPSA) is 80.0 Å². The minimum atomic E-state index is -0.0482. The van der Waals surface area contributed by atoms with E-state index in [9.17, 15) is 4.79 Å². The molecule has 0 bridgehead atoms. The van der Waals surface area contributed by atoms with E-state index >= 15 is 0 Å². The highest BCUT2D eigenvalue weighted by atomic mass is 16.1. The van der Waals surface area contributed by atoms with Gasteiger partial charge in [0.2, 0.25) is 0 Å². The molecular formula is C22H28N4O. The lowest BCUT2D eigenvalue weighted by Crippen LogP contribution is -2.25. The molecule has 0 fully saturated rings. The van der Waals surface area contributed by atoms with Crippen molar-refractivity contribution in [2.24, 2.45) is 5.73 Å². The summed E-state index contributed by atoms with van der Waals surface area (Å²) in [5, 5.41) is 8.41. The highest BCUT2D eigenvalue weighted by molar-refractivity contribution is 6.07. The number of carbonyl (C=O) groups excluding carboxylic acids is 1. The van der Waals surface area contributed by atoms with Crippen molar-refractivity contribution in [3.8, 4) is 0 Å². The Kier molecular flexibility index (Phi) is 7.13. The number of nitrogens with zero attached hydrogens (tertiary/aromatic N) is 1. The molecule has 1 amide bonds. The number of benzene rings is 2. The number of nitrogens with two attached hydrogens (primary N) is 1. The number of nitrogens with one attached hydrogen (secondary N) is 2. The second kappa shape index (κ2) is 10.00. The van der Waals surface area contributed by atoms with Crippen molar-refractivity contribution in [3.05, 3.63) is 54.1 Å². The first-order valence-corrected chi connectivity index (χ1v) is 9.77. The van der Waals surface area contributed by atoms with Crippen LogP contribution in [0.1, 0.15) is 36.0 Å². The average Bonchev–Trinajstić information content (AvgIpc) is 2.70. The molecule has 3 rings (SSSR count). The Balaban J connectivity index is 1.54. The van der Waals surface area contributed by atoms with Gasteiger partial charge in [0, 0.05) is 30.4 Å². The zero-order valence-electron chi connectivity index (χ0n) is 15.7. The summed E-state index contributed by atoms with van der Waals surface area (Å²) in [4.78, 5) is 17.3. The molecule has 4 N–H and O–H groups in total. The lowest BCUT2D eigenvalue weighted by atomic mass is 10.1. The van der Waals surface area contributed by atoms with Crippen LogP contribution in [0.25, 0.3) is 21.8 Å². The van der Waals surface area contributed by atoms with Gasteiger partial charge in [-0.1, -0.05) is 43.2 Å².